The maximum Gasteiger partial charge on any atom is 0.316 e. The van der Waals surface area contributed by atoms with Crippen molar-refractivity contribution in [2.24, 2.45) is 0 Å². The first-order valence-corrected chi connectivity index (χ1v) is 6.26. The third-order valence-electron chi connectivity index (χ3n) is 1.56. The Kier molecular flexibility index (Phi) is 11.3. The highest BCUT2D eigenvalue weighted by atomic mass is 127. The van der Waals surface area contributed by atoms with Crippen LogP contribution < -0.4 is 0 Å². The van der Waals surface area contributed by atoms with Crippen molar-refractivity contribution in [3.05, 3.63) is 0 Å². The van der Waals surface area contributed by atoms with E-state index in [2.05, 4.69) is 50.3 Å². The van der Waals surface area contributed by atoms with Crippen LogP contribution in [0.3, 0.4) is 0 Å². The lowest BCUT2D eigenvalue weighted by molar-refractivity contribution is -0.0635. The van der Waals surface area contributed by atoms with Crippen LogP contribution in [0.25, 0.3) is 0 Å². The van der Waals surface area contributed by atoms with Gasteiger partial charge in [0.2, 0.25) is 0 Å². The highest BCUT2D eigenvalue weighted by Crippen LogP contribution is 2.17. The van der Waals surface area contributed by atoms with Crippen LogP contribution in [0.15, 0.2) is 0 Å². The molecule has 13 heavy (non-hydrogen) atoms. The smallest absolute Gasteiger partial charge is 0.316 e. The molecule has 0 aromatic heterocycles. The lowest BCUT2D eigenvalue weighted by atomic mass is 10.1. The van der Waals surface area contributed by atoms with Gasteiger partial charge in [0.15, 0.2) is 0 Å². The molecule has 1 unspecified atom stereocenters. The maximum absolute atomic E-state index is 5.91. The molecule has 0 aliphatic carbocycles. The van der Waals surface area contributed by atoms with Crippen molar-refractivity contribution in [3.8, 4) is 0 Å². The summed E-state index contributed by atoms with van der Waals surface area (Å²) >= 11 is 2.41. The lowest BCUT2D eigenvalue weighted by Crippen LogP contribution is -2.27. The van der Waals surface area contributed by atoms with Gasteiger partial charge in [-0.2, -0.15) is 0 Å². The number of halogens is 1. The van der Waals surface area contributed by atoms with E-state index in [1.165, 1.54) is 23.7 Å². The third-order valence-corrected chi connectivity index (χ3v) is 2.18. The topological polar surface area (TPSA) is 9.23 Å². The summed E-state index contributed by atoms with van der Waals surface area (Å²) in [6, 6.07) is 0. The number of alkyl halides is 1. The van der Waals surface area contributed by atoms with Crippen LogP contribution >= 0.6 is 22.6 Å². The normalized spacial score (nSPS) is 13.6. The summed E-state index contributed by atoms with van der Waals surface area (Å²) in [6.45, 7) is 8.60. The molecule has 0 bridgehead atoms. The first-order chi connectivity index (χ1) is 5.49. The van der Waals surface area contributed by atoms with E-state index in [-0.39, 0.29) is 28.7 Å². The van der Waals surface area contributed by atoms with Gasteiger partial charge in [0.05, 0.1) is 11.7 Å². The standard InChI is InChI=1S/C10H21IO.Mg.2H/c1-5-6-9(7-8-11)12-10(2,3)4;;;/h9H,5-8H2,1-4H3;;;. The molecule has 0 saturated carbocycles. The highest BCUT2D eigenvalue weighted by molar-refractivity contribution is 14.1. The Hall–Kier alpha value is 1.46. The average molecular weight is 311 g/mol. The fraction of sp³-hybridized carbons (Fsp3) is 1.00. The van der Waals surface area contributed by atoms with Gasteiger partial charge in [-0.25, -0.2) is 0 Å². The monoisotopic (exact) mass is 310 g/mol. The van der Waals surface area contributed by atoms with Crippen molar-refractivity contribution in [1.82, 2.24) is 0 Å². The van der Waals surface area contributed by atoms with Crippen LogP contribution in [0.2, 0.25) is 0 Å². The van der Waals surface area contributed by atoms with Crippen molar-refractivity contribution in [2.75, 3.05) is 4.43 Å². The second-order valence-corrected chi connectivity index (χ2v) is 5.20. The fourth-order valence-electron chi connectivity index (χ4n) is 1.21. The van der Waals surface area contributed by atoms with Gasteiger partial charge in [0, 0.05) is 4.43 Å². The molecule has 0 heterocycles. The molecule has 1 nitrogen and oxygen atoms in total. The van der Waals surface area contributed by atoms with Gasteiger partial charge < -0.3 is 4.74 Å². The molecule has 0 aromatic carbocycles. The van der Waals surface area contributed by atoms with E-state index in [1.54, 1.807) is 0 Å². The molecule has 1 atom stereocenters. The van der Waals surface area contributed by atoms with Crippen LogP contribution in [0.1, 0.15) is 47.0 Å². The molecular formula is C10H23IMgO. The van der Waals surface area contributed by atoms with Crippen molar-refractivity contribution < 1.29 is 4.74 Å². The summed E-state index contributed by atoms with van der Waals surface area (Å²) < 4.78 is 7.11. The van der Waals surface area contributed by atoms with Crippen LogP contribution in [-0.4, -0.2) is 39.2 Å². The first-order valence-electron chi connectivity index (χ1n) is 4.73. The van der Waals surface area contributed by atoms with Crippen molar-refractivity contribution in [1.29, 1.82) is 0 Å². The predicted octanol–water partition coefficient (Wildman–Crippen LogP) is 2.88. The minimum atomic E-state index is 0. The summed E-state index contributed by atoms with van der Waals surface area (Å²) in [4.78, 5) is 0. The van der Waals surface area contributed by atoms with Gasteiger partial charge in [-0.3, -0.25) is 0 Å². The zero-order chi connectivity index (χ0) is 9.61. The molecular weight excluding hydrogens is 287 g/mol. The van der Waals surface area contributed by atoms with E-state index >= 15 is 0 Å². The first kappa shape index (κ1) is 16.9. The van der Waals surface area contributed by atoms with Gasteiger partial charge >= 0.3 is 23.1 Å². The average Bonchev–Trinajstić information content (AvgIpc) is 1.84. The molecule has 0 radical (unpaired) electrons. The van der Waals surface area contributed by atoms with Crippen molar-refractivity contribution >= 4 is 45.6 Å². The second-order valence-electron chi connectivity index (χ2n) is 4.12. The van der Waals surface area contributed by atoms with E-state index in [4.69, 9.17) is 4.74 Å². The van der Waals surface area contributed by atoms with E-state index in [0.29, 0.717) is 6.10 Å². The summed E-state index contributed by atoms with van der Waals surface area (Å²) in [6.07, 6.45) is 4.07. The zero-order valence-corrected chi connectivity index (χ0v) is 10.8. The van der Waals surface area contributed by atoms with E-state index in [1.807, 2.05) is 0 Å². The SMILES string of the molecule is CCCC(CCI)OC(C)(C)C.[MgH2]. The molecule has 0 N–H and O–H groups in total. The molecule has 3 heteroatoms. The Bertz CT molecular complexity index is 106. The highest BCUT2D eigenvalue weighted by Gasteiger charge is 2.17. The third kappa shape index (κ3) is 11.4. The molecule has 0 amide bonds. The Labute approximate surface area is 113 Å². The summed E-state index contributed by atoms with van der Waals surface area (Å²) in [7, 11) is 0. The number of hydrogen-bond acceptors (Lipinski definition) is 1. The van der Waals surface area contributed by atoms with Crippen LogP contribution in [-0.2, 0) is 4.74 Å². The molecule has 0 fully saturated rings. The van der Waals surface area contributed by atoms with Crippen LogP contribution in [0, 0.1) is 0 Å². The van der Waals surface area contributed by atoms with Gasteiger partial charge in [-0.05, 0) is 33.6 Å². The van der Waals surface area contributed by atoms with Crippen molar-refractivity contribution in [3.63, 3.8) is 0 Å². The minimum Gasteiger partial charge on any atom is -0.373 e. The van der Waals surface area contributed by atoms with Gasteiger partial charge in [0.25, 0.3) is 0 Å². The predicted molar refractivity (Wildman–Crippen MR) is 71.6 cm³/mol. The quantitative estimate of drug-likeness (QED) is 0.431. The van der Waals surface area contributed by atoms with Crippen LogP contribution in [0.5, 0.6) is 0 Å². The number of ether oxygens (including phenoxy) is 1. The Morgan fingerprint density at radius 1 is 1.23 bits per heavy atom. The largest absolute Gasteiger partial charge is 0.373 e. The minimum absolute atomic E-state index is 0. The second kappa shape index (κ2) is 8.74. The van der Waals surface area contributed by atoms with Gasteiger partial charge in [-0.1, -0.05) is 35.9 Å². The molecule has 78 valence electrons. The Balaban J connectivity index is 0. The van der Waals surface area contributed by atoms with E-state index in [9.17, 15) is 0 Å². The number of hydrogen-bond donors (Lipinski definition) is 0. The summed E-state index contributed by atoms with van der Waals surface area (Å²) in [5, 5.41) is 0. The van der Waals surface area contributed by atoms with Crippen LogP contribution in [0.4, 0.5) is 0 Å². The van der Waals surface area contributed by atoms with E-state index in [0.717, 1.165) is 0 Å². The summed E-state index contributed by atoms with van der Waals surface area (Å²) in [5.74, 6) is 0. The maximum atomic E-state index is 5.91. The molecule has 0 aliphatic heterocycles. The van der Waals surface area contributed by atoms with E-state index < -0.39 is 0 Å². The molecule has 0 rings (SSSR count). The van der Waals surface area contributed by atoms with Gasteiger partial charge in [0.1, 0.15) is 0 Å². The lowest BCUT2D eigenvalue weighted by Gasteiger charge is -2.27. The summed E-state index contributed by atoms with van der Waals surface area (Å²) in [5.41, 5.74) is 0.0195. The Morgan fingerprint density at radius 3 is 2.08 bits per heavy atom. The molecule has 0 aromatic rings. The zero-order valence-electron chi connectivity index (χ0n) is 8.69. The van der Waals surface area contributed by atoms with Gasteiger partial charge in [-0.15, -0.1) is 0 Å². The Morgan fingerprint density at radius 2 is 1.77 bits per heavy atom. The molecule has 0 saturated heterocycles. The molecule has 0 aliphatic rings. The number of rotatable bonds is 5. The molecule has 0 spiro atoms. The fourth-order valence-corrected chi connectivity index (χ4v) is 1.90. The van der Waals surface area contributed by atoms with Crippen molar-refractivity contribution in [2.45, 2.75) is 58.7 Å².